The molecule has 0 aromatic heterocycles. The molecule has 2 rings (SSSR count). The highest BCUT2D eigenvalue weighted by molar-refractivity contribution is 5.56. The lowest BCUT2D eigenvalue weighted by molar-refractivity contribution is 0.311. The molecule has 1 aromatic rings. The van der Waals surface area contributed by atoms with Crippen molar-refractivity contribution in [1.82, 2.24) is 4.90 Å². The Kier molecular flexibility index (Phi) is 4.30. The minimum atomic E-state index is -0.144. The Balaban J connectivity index is 2.31. The van der Waals surface area contributed by atoms with Crippen molar-refractivity contribution in [1.29, 1.82) is 0 Å². The zero-order valence-electron chi connectivity index (χ0n) is 12.2. The monoisotopic (exact) mass is 266 g/mol. The van der Waals surface area contributed by atoms with Gasteiger partial charge < -0.3 is 14.5 Å². The molecule has 19 heavy (non-hydrogen) atoms. The predicted molar refractivity (Wildman–Crippen MR) is 76.8 cm³/mol. The van der Waals surface area contributed by atoms with Gasteiger partial charge >= 0.3 is 0 Å². The molecule has 0 atom stereocenters. The number of rotatable bonds is 3. The van der Waals surface area contributed by atoms with Gasteiger partial charge in [-0.2, -0.15) is 0 Å². The molecule has 106 valence electrons. The van der Waals surface area contributed by atoms with E-state index in [1.807, 2.05) is 19.9 Å². The lowest BCUT2D eigenvalue weighted by Gasteiger charge is -2.34. The van der Waals surface area contributed by atoms with E-state index in [4.69, 9.17) is 4.74 Å². The number of hydrogen-bond acceptors (Lipinski definition) is 3. The van der Waals surface area contributed by atoms with Gasteiger partial charge in [0.15, 0.2) is 0 Å². The van der Waals surface area contributed by atoms with Crippen LogP contribution in [0.4, 0.5) is 10.1 Å². The van der Waals surface area contributed by atoms with Crippen LogP contribution in [0.15, 0.2) is 12.1 Å². The van der Waals surface area contributed by atoms with Gasteiger partial charge in [-0.25, -0.2) is 4.39 Å². The Hall–Kier alpha value is -1.29. The van der Waals surface area contributed by atoms with Gasteiger partial charge in [0.25, 0.3) is 0 Å². The van der Waals surface area contributed by atoms with Crippen LogP contribution >= 0.6 is 0 Å². The zero-order chi connectivity index (χ0) is 14.0. The van der Waals surface area contributed by atoms with Crippen molar-refractivity contribution >= 4 is 5.69 Å². The highest BCUT2D eigenvalue weighted by Crippen LogP contribution is 2.33. The largest absolute Gasteiger partial charge is 0.496 e. The van der Waals surface area contributed by atoms with Crippen LogP contribution in [0.5, 0.6) is 5.75 Å². The van der Waals surface area contributed by atoms with E-state index in [-0.39, 0.29) is 11.7 Å². The maximum Gasteiger partial charge on any atom is 0.147 e. The minimum Gasteiger partial charge on any atom is -0.496 e. The highest BCUT2D eigenvalue weighted by Gasteiger charge is 2.20. The van der Waals surface area contributed by atoms with Crippen molar-refractivity contribution in [3.63, 3.8) is 0 Å². The van der Waals surface area contributed by atoms with E-state index in [2.05, 4.69) is 16.8 Å². The van der Waals surface area contributed by atoms with Gasteiger partial charge in [0, 0.05) is 32.2 Å². The lowest BCUT2D eigenvalue weighted by Crippen LogP contribution is -2.44. The van der Waals surface area contributed by atoms with Crippen molar-refractivity contribution in [2.24, 2.45) is 0 Å². The predicted octanol–water partition coefficient (Wildman–Crippen LogP) is 2.71. The van der Waals surface area contributed by atoms with Gasteiger partial charge in [0.1, 0.15) is 11.6 Å². The van der Waals surface area contributed by atoms with E-state index >= 15 is 0 Å². The number of piperazine rings is 1. The SMILES string of the molecule is COc1cc(N2CCN(C)CC2)c(F)cc1C(C)C. The number of anilines is 1. The fourth-order valence-corrected chi connectivity index (χ4v) is 2.48. The van der Waals surface area contributed by atoms with Crippen LogP contribution < -0.4 is 9.64 Å². The second kappa shape index (κ2) is 5.78. The molecule has 0 N–H and O–H groups in total. The summed E-state index contributed by atoms with van der Waals surface area (Å²) >= 11 is 0. The number of likely N-dealkylation sites (N-methyl/N-ethyl adjacent to an activating group) is 1. The topological polar surface area (TPSA) is 15.7 Å². The van der Waals surface area contributed by atoms with Crippen LogP contribution in [0.1, 0.15) is 25.3 Å². The molecular weight excluding hydrogens is 243 g/mol. The quantitative estimate of drug-likeness (QED) is 0.836. The zero-order valence-corrected chi connectivity index (χ0v) is 12.2. The van der Waals surface area contributed by atoms with Crippen molar-refractivity contribution in [2.75, 3.05) is 45.2 Å². The molecule has 1 aliphatic heterocycles. The third kappa shape index (κ3) is 3.00. The maximum absolute atomic E-state index is 14.3. The summed E-state index contributed by atoms with van der Waals surface area (Å²) < 4.78 is 19.7. The molecule has 1 aromatic carbocycles. The molecule has 0 bridgehead atoms. The Morgan fingerprint density at radius 3 is 2.32 bits per heavy atom. The third-order valence-corrected chi connectivity index (χ3v) is 3.77. The van der Waals surface area contributed by atoms with Crippen LogP contribution in [-0.4, -0.2) is 45.2 Å². The van der Waals surface area contributed by atoms with Crippen LogP contribution in [0.3, 0.4) is 0 Å². The highest BCUT2D eigenvalue weighted by atomic mass is 19.1. The fraction of sp³-hybridized carbons (Fsp3) is 0.600. The first kappa shape index (κ1) is 14.1. The Bertz CT molecular complexity index is 440. The second-order valence-electron chi connectivity index (χ2n) is 5.49. The summed E-state index contributed by atoms with van der Waals surface area (Å²) in [6.45, 7) is 7.75. The first-order valence-corrected chi connectivity index (χ1v) is 6.84. The molecule has 1 saturated heterocycles. The lowest BCUT2D eigenvalue weighted by atomic mass is 10.0. The van der Waals surface area contributed by atoms with Crippen LogP contribution in [0, 0.1) is 5.82 Å². The van der Waals surface area contributed by atoms with Gasteiger partial charge in [-0.1, -0.05) is 13.8 Å². The van der Waals surface area contributed by atoms with E-state index in [9.17, 15) is 4.39 Å². The van der Waals surface area contributed by atoms with Crippen LogP contribution in [0.25, 0.3) is 0 Å². The van der Waals surface area contributed by atoms with Crippen molar-refractivity contribution in [3.05, 3.63) is 23.5 Å². The molecule has 1 aliphatic rings. The smallest absolute Gasteiger partial charge is 0.147 e. The molecule has 0 amide bonds. The van der Waals surface area contributed by atoms with Crippen LogP contribution in [0.2, 0.25) is 0 Å². The van der Waals surface area contributed by atoms with Gasteiger partial charge in [0.05, 0.1) is 12.8 Å². The van der Waals surface area contributed by atoms with E-state index in [1.54, 1.807) is 13.2 Å². The van der Waals surface area contributed by atoms with Crippen LogP contribution in [-0.2, 0) is 0 Å². The first-order chi connectivity index (χ1) is 9.02. The Morgan fingerprint density at radius 1 is 1.16 bits per heavy atom. The molecule has 1 heterocycles. The number of ether oxygens (including phenoxy) is 1. The van der Waals surface area contributed by atoms with Crippen molar-refractivity contribution in [2.45, 2.75) is 19.8 Å². The van der Waals surface area contributed by atoms with E-state index in [0.29, 0.717) is 5.69 Å². The molecule has 4 heteroatoms. The third-order valence-electron chi connectivity index (χ3n) is 3.77. The number of benzene rings is 1. The molecule has 1 fully saturated rings. The van der Waals surface area contributed by atoms with Crippen molar-refractivity contribution in [3.8, 4) is 5.75 Å². The number of hydrogen-bond donors (Lipinski definition) is 0. The van der Waals surface area contributed by atoms with Crippen molar-refractivity contribution < 1.29 is 9.13 Å². The minimum absolute atomic E-state index is 0.144. The van der Waals surface area contributed by atoms with E-state index in [1.165, 1.54) is 0 Å². The Labute approximate surface area is 115 Å². The summed E-state index contributed by atoms with van der Waals surface area (Å²) in [5.74, 6) is 0.894. The molecule has 0 aliphatic carbocycles. The summed E-state index contributed by atoms with van der Waals surface area (Å²) in [7, 11) is 3.74. The Morgan fingerprint density at radius 2 is 1.79 bits per heavy atom. The van der Waals surface area contributed by atoms with E-state index in [0.717, 1.165) is 37.5 Å². The average molecular weight is 266 g/mol. The molecule has 0 radical (unpaired) electrons. The van der Waals surface area contributed by atoms with Gasteiger partial charge in [-0.15, -0.1) is 0 Å². The summed E-state index contributed by atoms with van der Waals surface area (Å²) in [5.41, 5.74) is 1.59. The van der Waals surface area contributed by atoms with Gasteiger partial charge in [-0.3, -0.25) is 0 Å². The van der Waals surface area contributed by atoms with Gasteiger partial charge in [0.2, 0.25) is 0 Å². The molecular formula is C15H23FN2O. The molecule has 0 unspecified atom stereocenters. The maximum atomic E-state index is 14.3. The summed E-state index contributed by atoms with van der Waals surface area (Å²) in [5, 5.41) is 0. The average Bonchev–Trinajstić information content (AvgIpc) is 2.39. The molecule has 3 nitrogen and oxygen atoms in total. The van der Waals surface area contributed by atoms with E-state index < -0.39 is 0 Å². The number of halogens is 1. The summed E-state index contributed by atoms with van der Waals surface area (Å²) in [6, 6.07) is 3.47. The standard InChI is InChI=1S/C15H23FN2O/c1-11(2)12-9-13(16)14(10-15(12)19-4)18-7-5-17(3)6-8-18/h9-11H,5-8H2,1-4H3. The molecule has 0 saturated carbocycles. The summed E-state index contributed by atoms with van der Waals surface area (Å²) in [6.07, 6.45) is 0. The first-order valence-electron chi connectivity index (χ1n) is 6.84. The van der Waals surface area contributed by atoms with Gasteiger partial charge in [-0.05, 0) is 24.6 Å². The normalized spacial score (nSPS) is 17.1. The number of nitrogens with zero attached hydrogens (tertiary/aromatic N) is 2. The number of methoxy groups -OCH3 is 1. The summed E-state index contributed by atoms with van der Waals surface area (Å²) in [4.78, 5) is 4.36. The fourth-order valence-electron chi connectivity index (χ4n) is 2.48. The second-order valence-corrected chi connectivity index (χ2v) is 5.49. The molecule has 0 spiro atoms.